The molecule has 1 aromatic heterocycles. The summed E-state index contributed by atoms with van der Waals surface area (Å²) in [5.41, 5.74) is 5.41. The second kappa shape index (κ2) is 13.0. The second-order valence-corrected chi connectivity index (χ2v) is 13.5. The number of hydrogen-bond acceptors (Lipinski definition) is 5. The van der Waals surface area contributed by atoms with Gasteiger partial charge < -0.3 is 9.84 Å². The van der Waals surface area contributed by atoms with Crippen LogP contribution in [0.25, 0.3) is 23.1 Å². The summed E-state index contributed by atoms with van der Waals surface area (Å²) in [6, 6.07) is 26.7. The molecule has 42 heavy (non-hydrogen) atoms. The minimum atomic E-state index is -0.898. The van der Waals surface area contributed by atoms with Gasteiger partial charge in [-0.3, -0.25) is 4.79 Å². The fraction of sp³-hybridized carbons (Fsp3) is 0.333. The normalized spacial score (nSPS) is 15.2. The van der Waals surface area contributed by atoms with Crippen LogP contribution < -0.4 is 0 Å². The molecule has 1 aliphatic carbocycles. The molecule has 1 aliphatic rings. The number of fused-ring (bicyclic) bond motifs is 1. The highest BCUT2D eigenvalue weighted by Gasteiger charge is 2.45. The standard InChI is InChI=1S/C36H38ClNO3S/c1-35(2,40)31-10-5-4-8-26(31)14-18-33(42-24-36(19-20-36)23-34(39)41-3)28-9-6-7-25(21-28)11-16-30-17-13-27-12-15-29(37)22-32(27)38-30/h4-13,15-17,21-22,33,40H,14,18-20,23-24H2,1-3H3/t33-/m1/s1. The zero-order valence-electron chi connectivity index (χ0n) is 24.5. The predicted molar refractivity (Wildman–Crippen MR) is 176 cm³/mol. The first kappa shape index (κ1) is 30.3. The number of methoxy groups -OCH3 is 1. The maximum Gasteiger partial charge on any atom is 0.306 e. The number of esters is 1. The Bertz CT molecular complexity index is 1590. The fourth-order valence-electron chi connectivity index (χ4n) is 5.42. The van der Waals surface area contributed by atoms with E-state index in [-0.39, 0.29) is 16.6 Å². The summed E-state index contributed by atoms with van der Waals surface area (Å²) in [5.74, 6) is 0.796. The highest BCUT2D eigenvalue weighted by atomic mass is 35.5. The van der Waals surface area contributed by atoms with Crippen LogP contribution in [0.2, 0.25) is 5.02 Å². The van der Waals surface area contributed by atoms with Crippen molar-refractivity contribution < 1.29 is 14.6 Å². The monoisotopic (exact) mass is 599 g/mol. The van der Waals surface area contributed by atoms with E-state index in [9.17, 15) is 9.90 Å². The molecule has 0 unspecified atom stereocenters. The summed E-state index contributed by atoms with van der Waals surface area (Å²) in [5, 5.41) is 12.7. The number of halogens is 1. The van der Waals surface area contributed by atoms with Crippen LogP contribution in [0.15, 0.2) is 78.9 Å². The predicted octanol–water partition coefficient (Wildman–Crippen LogP) is 9.04. The van der Waals surface area contributed by atoms with Crippen molar-refractivity contribution in [1.29, 1.82) is 0 Å². The molecule has 0 bridgehead atoms. The lowest BCUT2D eigenvalue weighted by Crippen LogP contribution is -2.18. The molecule has 4 aromatic rings. The van der Waals surface area contributed by atoms with E-state index in [1.54, 1.807) is 0 Å². The van der Waals surface area contributed by atoms with Gasteiger partial charge in [0.1, 0.15) is 0 Å². The Morgan fingerprint density at radius 2 is 1.86 bits per heavy atom. The van der Waals surface area contributed by atoms with E-state index in [0.717, 1.165) is 59.2 Å². The summed E-state index contributed by atoms with van der Waals surface area (Å²) in [6.07, 6.45) is 8.53. The SMILES string of the molecule is COC(=O)CC1(CS[C@H](CCc2ccccc2C(C)(C)O)c2cccc(C=Cc3ccc4ccc(Cl)cc4n3)c2)CC1. The van der Waals surface area contributed by atoms with Crippen LogP contribution in [0, 0.1) is 5.41 Å². The molecule has 1 saturated carbocycles. The van der Waals surface area contributed by atoms with Crippen molar-refractivity contribution in [3.63, 3.8) is 0 Å². The Kier molecular flexibility index (Phi) is 9.41. The van der Waals surface area contributed by atoms with E-state index in [0.29, 0.717) is 11.4 Å². The molecule has 6 heteroatoms. The van der Waals surface area contributed by atoms with E-state index in [1.165, 1.54) is 18.2 Å². The first-order valence-electron chi connectivity index (χ1n) is 14.5. The van der Waals surface area contributed by atoms with Gasteiger partial charge in [0.2, 0.25) is 0 Å². The topological polar surface area (TPSA) is 59.4 Å². The third-order valence-electron chi connectivity index (χ3n) is 8.05. The number of hydrogen-bond donors (Lipinski definition) is 1. The summed E-state index contributed by atoms with van der Waals surface area (Å²) in [6.45, 7) is 3.69. The van der Waals surface area contributed by atoms with Gasteiger partial charge in [-0.05, 0) is 91.5 Å². The lowest BCUT2D eigenvalue weighted by Gasteiger charge is -2.24. The van der Waals surface area contributed by atoms with Crippen molar-refractivity contribution >= 4 is 52.4 Å². The van der Waals surface area contributed by atoms with Crippen LogP contribution in [0.5, 0.6) is 0 Å². The second-order valence-electron chi connectivity index (χ2n) is 11.9. The van der Waals surface area contributed by atoms with Crippen LogP contribution in [0.3, 0.4) is 0 Å². The Hall–Kier alpha value is -3.12. The molecule has 0 saturated heterocycles. The summed E-state index contributed by atoms with van der Waals surface area (Å²) >= 11 is 8.12. The van der Waals surface area contributed by atoms with Crippen molar-refractivity contribution in [2.75, 3.05) is 12.9 Å². The molecule has 218 valence electrons. The molecule has 1 N–H and O–H groups in total. The van der Waals surface area contributed by atoms with E-state index >= 15 is 0 Å². The van der Waals surface area contributed by atoms with Crippen LogP contribution in [0.1, 0.15) is 72.7 Å². The maximum atomic E-state index is 12.1. The number of ether oxygens (including phenoxy) is 1. The van der Waals surface area contributed by atoms with Crippen molar-refractivity contribution in [2.24, 2.45) is 5.41 Å². The number of rotatable bonds is 12. The number of aryl methyl sites for hydroxylation is 1. The number of aromatic nitrogens is 1. The van der Waals surface area contributed by atoms with Gasteiger partial charge in [-0.1, -0.05) is 78.3 Å². The first-order chi connectivity index (χ1) is 20.1. The molecule has 0 amide bonds. The van der Waals surface area contributed by atoms with Crippen LogP contribution in [-0.4, -0.2) is 28.9 Å². The highest BCUT2D eigenvalue weighted by Crippen LogP contribution is 2.53. The summed E-state index contributed by atoms with van der Waals surface area (Å²) < 4.78 is 4.99. The zero-order valence-corrected chi connectivity index (χ0v) is 26.0. The lowest BCUT2D eigenvalue weighted by atomic mass is 9.90. The zero-order chi connectivity index (χ0) is 29.7. The molecular weight excluding hydrogens is 562 g/mol. The van der Waals surface area contributed by atoms with Crippen molar-refractivity contribution in [3.05, 3.63) is 112 Å². The fourth-order valence-corrected chi connectivity index (χ4v) is 7.15. The Morgan fingerprint density at radius 3 is 2.62 bits per heavy atom. The number of aliphatic hydroxyl groups is 1. The van der Waals surface area contributed by atoms with E-state index in [1.807, 2.05) is 74.1 Å². The van der Waals surface area contributed by atoms with Gasteiger partial charge in [-0.2, -0.15) is 11.8 Å². The molecule has 5 rings (SSSR count). The molecule has 0 spiro atoms. The number of thioether (sulfide) groups is 1. The highest BCUT2D eigenvalue weighted by molar-refractivity contribution is 7.99. The quantitative estimate of drug-likeness (QED) is 0.165. The number of pyridine rings is 1. The molecule has 1 heterocycles. The van der Waals surface area contributed by atoms with Crippen LogP contribution >= 0.6 is 23.4 Å². The Balaban J connectivity index is 1.37. The van der Waals surface area contributed by atoms with E-state index in [4.69, 9.17) is 21.3 Å². The minimum absolute atomic E-state index is 0.0448. The molecule has 0 aliphatic heterocycles. The van der Waals surface area contributed by atoms with Crippen molar-refractivity contribution in [2.45, 2.75) is 56.8 Å². The molecule has 3 aromatic carbocycles. The largest absolute Gasteiger partial charge is 0.469 e. The average Bonchev–Trinajstić information content (AvgIpc) is 3.74. The summed E-state index contributed by atoms with van der Waals surface area (Å²) in [7, 11) is 1.47. The van der Waals surface area contributed by atoms with Gasteiger partial charge in [-0.25, -0.2) is 4.98 Å². The maximum absolute atomic E-state index is 12.1. The molecular formula is C36H38ClNO3S. The number of carbonyl (C=O) groups excluding carboxylic acids is 1. The number of carbonyl (C=O) groups is 1. The van der Waals surface area contributed by atoms with E-state index < -0.39 is 5.60 Å². The first-order valence-corrected chi connectivity index (χ1v) is 15.9. The van der Waals surface area contributed by atoms with Crippen LogP contribution in [-0.2, 0) is 21.6 Å². The van der Waals surface area contributed by atoms with Gasteiger partial charge in [0, 0.05) is 21.4 Å². The third kappa shape index (κ3) is 7.83. The van der Waals surface area contributed by atoms with Gasteiger partial charge in [0.25, 0.3) is 0 Å². The van der Waals surface area contributed by atoms with E-state index in [2.05, 4.69) is 42.5 Å². The number of benzene rings is 3. The summed E-state index contributed by atoms with van der Waals surface area (Å²) in [4.78, 5) is 16.8. The van der Waals surface area contributed by atoms with Gasteiger partial charge in [0.05, 0.1) is 30.3 Å². The lowest BCUT2D eigenvalue weighted by molar-refractivity contribution is -0.141. The third-order valence-corrected chi connectivity index (χ3v) is 9.98. The average molecular weight is 600 g/mol. The van der Waals surface area contributed by atoms with Gasteiger partial charge >= 0.3 is 5.97 Å². The Morgan fingerprint density at radius 1 is 1.07 bits per heavy atom. The minimum Gasteiger partial charge on any atom is -0.469 e. The molecule has 1 atom stereocenters. The van der Waals surface area contributed by atoms with Crippen molar-refractivity contribution in [3.8, 4) is 0 Å². The molecule has 1 fully saturated rings. The van der Waals surface area contributed by atoms with Crippen molar-refractivity contribution in [1.82, 2.24) is 4.98 Å². The van der Waals surface area contributed by atoms with Gasteiger partial charge in [-0.15, -0.1) is 0 Å². The molecule has 4 nitrogen and oxygen atoms in total. The number of nitrogens with zero attached hydrogens (tertiary/aromatic N) is 1. The smallest absolute Gasteiger partial charge is 0.306 e. The Labute approximate surface area is 258 Å². The molecule has 0 radical (unpaired) electrons. The van der Waals surface area contributed by atoms with Crippen LogP contribution in [0.4, 0.5) is 0 Å². The van der Waals surface area contributed by atoms with Gasteiger partial charge in [0.15, 0.2) is 0 Å².